The highest BCUT2D eigenvalue weighted by Gasteiger charge is 2.16. The van der Waals surface area contributed by atoms with Crippen LogP contribution < -0.4 is 9.47 Å². The van der Waals surface area contributed by atoms with Crippen LogP contribution in [0.2, 0.25) is 0 Å². The van der Waals surface area contributed by atoms with Crippen molar-refractivity contribution in [2.45, 2.75) is 24.3 Å². The molecular weight excluding hydrogens is 364 g/mol. The highest BCUT2D eigenvalue weighted by molar-refractivity contribution is 7.98. The molecule has 2 heterocycles. The van der Waals surface area contributed by atoms with Gasteiger partial charge in [-0.05, 0) is 48.9 Å². The van der Waals surface area contributed by atoms with Crippen molar-refractivity contribution in [3.63, 3.8) is 0 Å². The zero-order chi connectivity index (χ0) is 18.8. The monoisotopic (exact) mass is 382 g/mol. The first kappa shape index (κ1) is 17.6. The van der Waals surface area contributed by atoms with Crippen molar-refractivity contribution in [3.8, 4) is 23.0 Å². The molecule has 1 aliphatic rings. The van der Waals surface area contributed by atoms with Crippen LogP contribution in [-0.2, 0) is 12.2 Å². The molecule has 0 spiro atoms. The number of ketones is 1. The Morgan fingerprint density at radius 3 is 2.93 bits per heavy atom. The Labute approximate surface area is 160 Å². The Balaban J connectivity index is 1.50. The minimum Gasteiger partial charge on any atom is -0.496 e. The molecule has 1 aromatic heterocycles. The van der Waals surface area contributed by atoms with Gasteiger partial charge in [-0.2, -0.15) is 0 Å². The number of benzene rings is 2. The number of Topliss-reactive ketones (excluding diaryl/α,β-unsaturated/α-hetero) is 1. The fraction of sp³-hybridized carbons (Fsp3) is 0.250. The summed E-state index contributed by atoms with van der Waals surface area (Å²) in [6.07, 6.45) is 0.894. The SMILES string of the molecule is COc1ccc(C(C)=O)cc1CSc1nnc(-c2ccc3c(c2)CCO3)o1. The molecule has 0 N–H and O–H groups in total. The number of ether oxygens (including phenoxy) is 2. The second kappa shape index (κ2) is 7.44. The number of carbonyl (C=O) groups excluding carboxylic acids is 1. The molecule has 0 saturated heterocycles. The van der Waals surface area contributed by atoms with Crippen LogP contribution in [0, 0.1) is 0 Å². The number of thioether (sulfide) groups is 1. The molecule has 2 aromatic carbocycles. The lowest BCUT2D eigenvalue weighted by Gasteiger charge is -2.08. The first-order chi connectivity index (χ1) is 13.1. The molecular formula is C20H18N2O4S. The highest BCUT2D eigenvalue weighted by Crippen LogP contribution is 2.32. The molecule has 0 radical (unpaired) electrons. The lowest BCUT2D eigenvalue weighted by atomic mass is 10.1. The molecule has 7 heteroatoms. The van der Waals surface area contributed by atoms with Crippen LogP contribution in [0.25, 0.3) is 11.5 Å². The minimum absolute atomic E-state index is 0.0181. The molecule has 4 rings (SSSR count). The minimum atomic E-state index is 0.0181. The van der Waals surface area contributed by atoms with E-state index in [0.717, 1.165) is 34.6 Å². The Hall–Kier alpha value is -2.80. The van der Waals surface area contributed by atoms with Crippen LogP contribution in [0.1, 0.15) is 28.4 Å². The van der Waals surface area contributed by atoms with Gasteiger partial charge in [-0.1, -0.05) is 11.8 Å². The van der Waals surface area contributed by atoms with Gasteiger partial charge in [-0.3, -0.25) is 4.79 Å². The van der Waals surface area contributed by atoms with E-state index in [-0.39, 0.29) is 5.78 Å². The molecule has 0 fully saturated rings. The average molecular weight is 382 g/mol. The standard InChI is InChI=1S/C20H18N2O4S/c1-12(23)13-3-5-17(24-2)16(9-13)11-27-20-22-21-19(26-20)15-4-6-18-14(10-15)7-8-25-18/h3-6,9-10H,7-8,11H2,1-2H3. The molecule has 6 nitrogen and oxygen atoms in total. The fourth-order valence-electron chi connectivity index (χ4n) is 2.95. The van der Waals surface area contributed by atoms with E-state index >= 15 is 0 Å². The molecule has 0 saturated carbocycles. The molecule has 0 aliphatic carbocycles. The van der Waals surface area contributed by atoms with E-state index in [1.54, 1.807) is 26.2 Å². The van der Waals surface area contributed by atoms with Gasteiger partial charge in [-0.15, -0.1) is 10.2 Å². The van der Waals surface area contributed by atoms with Gasteiger partial charge in [0.1, 0.15) is 11.5 Å². The summed E-state index contributed by atoms with van der Waals surface area (Å²) in [6.45, 7) is 2.26. The average Bonchev–Trinajstić information content (AvgIpc) is 3.34. The van der Waals surface area contributed by atoms with E-state index in [1.165, 1.54) is 11.8 Å². The molecule has 1 aliphatic heterocycles. The van der Waals surface area contributed by atoms with E-state index in [9.17, 15) is 4.79 Å². The molecule has 0 atom stereocenters. The van der Waals surface area contributed by atoms with Crippen LogP contribution in [0.15, 0.2) is 46.0 Å². The third-order valence-corrected chi connectivity index (χ3v) is 5.25. The number of hydrogen-bond acceptors (Lipinski definition) is 7. The van der Waals surface area contributed by atoms with Crippen LogP contribution in [0.3, 0.4) is 0 Å². The quantitative estimate of drug-likeness (QED) is 0.468. The lowest BCUT2D eigenvalue weighted by Crippen LogP contribution is -1.96. The number of carbonyl (C=O) groups is 1. The molecule has 27 heavy (non-hydrogen) atoms. The van der Waals surface area contributed by atoms with Gasteiger partial charge in [0.15, 0.2) is 5.78 Å². The Morgan fingerprint density at radius 1 is 1.22 bits per heavy atom. The van der Waals surface area contributed by atoms with Crippen LogP contribution in [-0.4, -0.2) is 29.7 Å². The Morgan fingerprint density at radius 2 is 2.11 bits per heavy atom. The largest absolute Gasteiger partial charge is 0.496 e. The maximum Gasteiger partial charge on any atom is 0.277 e. The highest BCUT2D eigenvalue weighted by atomic mass is 32.2. The number of aromatic nitrogens is 2. The number of nitrogens with zero attached hydrogens (tertiary/aromatic N) is 2. The zero-order valence-corrected chi connectivity index (χ0v) is 15.8. The van der Waals surface area contributed by atoms with E-state index in [1.807, 2.05) is 24.3 Å². The van der Waals surface area contributed by atoms with E-state index < -0.39 is 0 Å². The lowest BCUT2D eigenvalue weighted by molar-refractivity contribution is 0.101. The summed E-state index contributed by atoms with van der Waals surface area (Å²) in [6, 6.07) is 11.3. The van der Waals surface area contributed by atoms with Gasteiger partial charge < -0.3 is 13.9 Å². The molecule has 3 aromatic rings. The third-order valence-electron chi connectivity index (χ3n) is 4.38. The van der Waals surface area contributed by atoms with Gasteiger partial charge >= 0.3 is 0 Å². The summed E-state index contributed by atoms with van der Waals surface area (Å²) < 4.78 is 16.7. The van der Waals surface area contributed by atoms with Crippen molar-refractivity contribution in [2.75, 3.05) is 13.7 Å². The summed E-state index contributed by atoms with van der Waals surface area (Å²) in [7, 11) is 1.61. The second-order valence-electron chi connectivity index (χ2n) is 6.17. The summed E-state index contributed by atoms with van der Waals surface area (Å²) in [4.78, 5) is 11.6. The molecule has 0 bridgehead atoms. The van der Waals surface area contributed by atoms with Gasteiger partial charge in [0, 0.05) is 28.9 Å². The van der Waals surface area contributed by atoms with E-state index in [4.69, 9.17) is 13.9 Å². The second-order valence-corrected chi connectivity index (χ2v) is 7.09. The Bertz CT molecular complexity index is 999. The third kappa shape index (κ3) is 3.68. The predicted molar refractivity (Wildman–Crippen MR) is 101 cm³/mol. The summed E-state index contributed by atoms with van der Waals surface area (Å²) >= 11 is 1.41. The van der Waals surface area contributed by atoms with Crippen molar-refractivity contribution in [3.05, 3.63) is 53.1 Å². The Kier molecular flexibility index (Phi) is 4.85. The summed E-state index contributed by atoms with van der Waals surface area (Å²) in [5.41, 5.74) is 3.60. The van der Waals surface area contributed by atoms with Crippen molar-refractivity contribution < 1.29 is 18.7 Å². The topological polar surface area (TPSA) is 74.5 Å². The molecule has 0 amide bonds. The number of methoxy groups -OCH3 is 1. The normalized spacial score (nSPS) is 12.5. The van der Waals surface area contributed by atoms with Crippen LogP contribution >= 0.6 is 11.8 Å². The maximum atomic E-state index is 11.6. The first-order valence-electron chi connectivity index (χ1n) is 8.54. The summed E-state index contributed by atoms with van der Waals surface area (Å²) in [5, 5.41) is 8.74. The van der Waals surface area contributed by atoms with E-state index in [2.05, 4.69) is 10.2 Å². The van der Waals surface area contributed by atoms with Crippen molar-refractivity contribution >= 4 is 17.5 Å². The van der Waals surface area contributed by atoms with Crippen LogP contribution in [0.4, 0.5) is 0 Å². The van der Waals surface area contributed by atoms with Crippen molar-refractivity contribution in [2.24, 2.45) is 0 Å². The number of fused-ring (bicyclic) bond motifs is 1. The van der Waals surface area contributed by atoms with Gasteiger partial charge in [0.25, 0.3) is 5.22 Å². The smallest absolute Gasteiger partial charge is 0.277 e. The zero-order valence-electron chi connectivity index (χ0n) is 15.0. The van der Waals surface area contributed by atoms with Crippen molar-refractivity contribution in [1.82, 2.24) is 10.2 Å². The van der Waals surface area contributed by atoms with E-state index in [0.29, 0.717) is 29.0 Å². The summed E-state index contributed by atoms with van der Waals surface area (Å²) in [5.74, 6) is 2.71. The van der Waals surface area contributed by atoms with Gasteiger partial charge in [0.2, 0.25) is 5.89 Å². The molecule has 138 valence electrons. The first-order valence-corrected chi connectivity index (χ1v) is 9.53. The van der Waals surface area contributed by atoms with Gasteiger partial charge in [-0.25, -0.2) is 0 Å². The predicted octanol–water partition coefficient (Wildman–Crippen LogP) is 4.18. The number of rotatable bonds is 6. The fourth-order valence-corrected chi connectivity index (χ4v) is 3.70. The number of hydrogen-bond donors (Lipinski definition) is 0. The van der Waals surface area contributed by atoms with Crippen LogP contribution in [0.5, 0.6) is 11.5 Å². The maximum absolute atomic E-state index is 11.6. The van der Waals surface area contributed by atoms with Gasteiger partial charge in [0.05, 0.1) is 13.7 Å². The van der Waals surface area contributed by atoms with Crippen molar-refractivity contribution in [1.29, 1.82) is 0 Å². The molecule has 0 unspecified atom stereocenters.